The van der Waals surface area contributed by atoms with E-state index >= 15 is 0 Å². The van der Waals surface area contributed by atoms with E-state index in [1.54, 1.807) is 4.68 Å². The molecule has 0 spiro atoms. The quantitative estimate of drug-likeness (QED) is 0.430. The molecule has 126 valence electrons. The van der Waals surface area contributed by atoms with Crippen molar-refractivity contribution in [3.8, 4) is 5.75 Å². The normalized spacial score (nSPS) is 11.6. The van der Waals surface area contributed by atoms with E-state index in [0.29, 0.717) is 25.7 Å². The summed E-state index contributed by atoms with van der Waals surface area (Å²) in [5.41, 5.74) is 0.741. The standard InChI is InChI=1S/C14H19IN3O4P/c1-20-23(19,21-2)9-3-8-18-10-13(16-17-18)11-22-14-6-4-12(15)5-7-14/h4-7,10H,3,8-9,11H2,1-2H3. The third kappa shape index (κ3) is 5.87. The highest BCUT2D eigenvalue weighted by atomic mass is 127. The lowest BCUT2D eigenvalue weighted by molar-refractivity contribution is 0.274. The van der Waals surface area contributed by atoms with Crippen molar-refractivity contribution in [3.05, 3.63) is 39.7 Å². The van der Waals surface area contributed by atoms with Crippen molar-refractivity contribution >= 4 is 30.2 Å². The summed E-state index contributed by atoms with van der Waals surface area (Å²) in [6, 6.07) is 7.80. The highest BCUT2D eigenvalue weighted by Gasteiger charge is 2.20. The molecular formula is C14H19IN3O4P. The van der Waals surface area contributed by atoms with Gasteiger partial charge in [-0.3, -0.25) is 9.25 Å². The zero-order chi connectivity index (χ0) is 16.7. The molecule has 0 fully saturated rings. The maximum atomic E-state index is 11.9. The number of halogens is 1. The molecule has 1 aromatic carbocycles. The first-order chi connectivity index (χ1) is 11.0. The fraction of sp³-hybridized carbons (Fsp3) is 0.429. The lowest BCUT2D eigenvalue weighted by Crippen LogP contribution is -2.03. The second kappa shape index (κ2) is 8.77. The summed E-state index contributed by atoms with van der Waals surface area (Å²) < 4.78 is 30.2. The number of aromatic nitrogens is 3. The molecule has 7 nitrogen and oxygen atoms in total. The van der Waals surface area contributed by atoms with E-state index in [0.717, 1.165) is 15.0 Å². The van der Waals surface area contributed by atoms with Gasteiger partial charge in [-0.1, -0.05) is 5.21 Å². The Balaban J connectivity index is 1.79. The summed E-state index contributed by atoms with van der Waals surface area (Å²) in [6.45, 7) is 0.947. The summed E-state index contributed by atoms with van der Waals surface area (Å²) in [5, 5.41) is 8.09. The van der Waals surface area contributed by atoms with Gasteiger partial charge in [0, 0.05) is 24.3 Å². The molecule has 0 saturated heterocycles. The van der Waals surface area contributed by atoms with Crippen LogP contribution < -0.4 is 4.74 Å². The first-order valence-corrected chi connectivity index (χ1v) is 9.83. The molecule has 0 N–H and O–H groups in total. The van der Waals surface area contributed by atoms with Crippen molar-refractivity contribution in [3.63, 3.8) is 0 Å². The number of aryl methyl sites for hydroxylation is 1. The Bertz CT molecular complexity index is 654. The van der Waals surface area contributed by atoms with Crippen LogP contribution in [0, 0.1) is 3.57 Å². The molecule has 0 atom stereocenters. The molecule has 23 heavy (non-hydrogen) atoms. The minimum atomic E-state index is -2.96. The molecule has 0 radical (unpaired) electrons. The van der Waals surface area contributed by atoms with Crippen LogP contribution >= 0.6 is 30.2 Å². The third-order valence-corrected chi connectivity index (χ3v) is 5.86. The van der Waals surface area contributed by atoms with Gasteiger partial charge in [0.1, 0.15) is 18.1 Å². The van der Waals surface area contributed by atoms with Crippen LogP contribution in [0.1, 0.15) is 12.1 Å². The van der Waals surface area contributed by atoms with Gasteiger partial charge in [-0.05, 0) is 53.3 Å². The smallest absolute Gasteiger partial charge is 0.330 e. The van der Waals surface area contributed by atoms with E-state index in [1.165, 1.54) is 14.2 Å². The van der Waals surface area contributed by atoms with Crippen LogP contribution in [0.3, 0.4) is 0 Å². The van der Waals surface area contributed by atoms with E-state index in [9.17, 15) is 4.57 Å². The zero-order valence-corrected chi connectivity index (χ0v) is 16.1. The molecule has 0 aliphatic rings. The summed E-state index contributed by atoms with van der Waals surface area (Å²) in [7, 11) is -0.178. The highest BCUT2D eigenvalue weighted by molar-refractivity contribution is 14.1. The molecule has 0 aliphatic heterocycles. The van der Waals surface area contributed by atoms with Gasteiger partial charge in [0.25, 0.3) is 0 Å². The van der Waals surface area contributed by atoms with Crippen LogP contribution in [0.2, 0.25) is 0 Å². The van der Waals surface area contributed by atoms with Crippen molar-refractivity contribution in [1.82, 2.24) is 15.0 Å². The molecule has 1 aromatic heterocycles. The van der Waals surface area contributed by atoms with Gasteiger partial charge in [0.05, 0.1) is 12.4 Å². The lowest BCUT2D eigenvalue weighted by atomic mass is 10.3. The van der Waals surface area contributed by atoms with E-state index in [4.69, 9.17) is 13.8 Å². The lowest BCUT2D eigenvalue weighted by Gasteiger charge is -2.12. The summed E-state index contributed by atoms with van der Waals surface area (Å²) in [5.74, 6) is 0.793. The van der Waals surface area contributed by atoms with Crippen LogP contribution in [0.25, 0.3) is 0 Å². The Morgan fingerprint density at radius 1 is 1.22 bits per heavy atom. The van der Waals surface area contributed by atoms with Gasteiger partial charge in [0.15, 0.2) is 0 Å². The SMILES string of the molecule is COP(=O)(CCCn1cc(COc2ccc(I)cc2)nn1)OC. The van der Waals surface area contributed by atoms with Crippen LogP contribution in [0.15, 0.2) is 30.5 Å². The second-order valence-corrected chi connectivity index (χ2v) is 8.41. The van der Waals surface area contributed by atoms with Gasteiger partial charge in [0.2, 0.25) is 0 Å². The van der Waals surface area contributed by atoms with Crippen molar-refractivity contribution in [1.29, 1.82) is 0 Å². The number of nitrogens with zero attached hydrogens (tertiary/aromatic N) is 3. The van der Waals surface area contributed by atoms with E-state index in [-0.39, 0.29) is 0 Å². The van der Waals surface area contributed by atoms with E-state index in [2.05, 4.69) is 32.9 Å². The summed E-state index contributed by atoms with van der Waals surface area (Å²) in [6.07, 6.45) is 2.78. The number of hydrogen-bond donors (Lipinski definition) is 0. The Hall–Kier alpha value is -0.960. The molecule has 9 heteroatoms. The van der Waals surface area contributed by atoms with Crippen LogP contribution in [0.5, 0.6) is 5.75 Å². The maximum Gasteiger partial charge on any atom is 0.330 e. The molecule has 2 aromatic rings. The average molecular weight is 451 g/mol. The van der Waals surface area contributed by atoms with Crippen LogP contribution in [-0.2, 0) is 26.8 Å². The summed E-state index contributed by atoms with van der Waals surface area (Å²) >= 11 is 2.24. The Labute approximate surface area is 149 Å². The number of benzene rings is 1. The Morgan fingerprint density at radius 3 is 2.57 bits per heavy atom. The molecule has 0 amide bonds. The fourth-order valence-electron chi connectivity index (χ4n) is 1.89. The molecule has 1 heterocycles. The molecule has 0 aliphatic carbocycles. The van der Waals surface area contributed by atoms with Crippen molar-refractivity contribution in [2.24, 2.45) is 0 Å². The molecule has 2 rings (SSSR count). The predicted octanol–water partition coefficient (Wildman–Crippen LogP) is 3.34. The number of rotatable bonds is 9. The minimum Gasteiger partial charge on any atom is -0.487 e. The van der Waals surface area contributed by atoms with Crippen LogP contribution in [-0.4, -0.2) is 35.4 Å². The van der Waals surface area contributed by atoms with Crippen molar-refractivity contribution in [2.45, 2.75) is 19.6 Å². The zero-order valence-electron chi connectivity index (χ0n) is 13.0. The average Bonchev–Trinajstić information content (AvgIpc) is 3.02. The van der Waals surface area contributed by atoms with Gasteiger partial charge in [-0.15, -0.1) is 5.10 Å². The van der Waals surface area contributed by atoms with Gasteiger partial charge in [-0.25, -0.2) is 0 Å². The second-order valence-electron chi connectivity index (χ2n) is 4.77. The van der Waals surface area contributed by atoms with Gasteiger partial charge >= 0.3 is 7.60 Å². The van der Waals surface area contributed by atoms with E-state index in [1.807, 2.05) is 30.5 Å². The van der Waals surface area contributed by atoms with E-state index < -0.39 is 7.60 Å². The Morgan fingerprint density at radius 2 is 1.91 bits per heavy atom. The monoisotopic (exact) mass is 451 g/mol. The highest BCUT2D eigenvalue weighted by Crippen LogP contribution is 2.46. The molecule has 0 unspecified atom stereocenters. The number of hydrogen-bond acceptors (Lipinski definition) is 6. The van der Waals surface area contributed by atoms with Crippen molar-refractivity contribution in [2.75, 3.05) is 20.4 Å². The largest absolute Gasteiger partial charge is 0.487 e. The molecule has 0 bridgehead atoms. The minimum absolute atomic E-state index is 0.342. The van der Waals surface area contributed by atoms with Gasteiger partial charge in [-0.2, -0.15) is 0 Å². The third-order valence-electron chi connectivity index (χ3n) is 3.16. The van der Waals surface area contributed by atoms with Gasteiger partial charge < -0.3 is 13.8 Å². The maximum absolute atomic E-state index is 11.9. The molecular weight excluding hydrogens is 432 g/mol. The Kier molecular flexibility index (Phi) is 7.01. The first-order valence-electron chi connectivity index (χ1n) is 7.02. The topological polar surface area (TPSA) is 75.5 Å². The molecule has 0 saturated carbocycles. The fourth-order valence-corrected chi connectivity index (χ4v) is 3.29. The predicted molar refractivity (Wildman–Crippen MR) is 94.6 cm³/mol. The summed E-state index contributed by atoms with van der Waals surface area (Å²) in [4.78, 5) is 0. The van der Waals surface area contributed by atoms with Crippen LogP contribution in [0.4, 0.5) is 0 Å². The van der Waals surface area contributed by atoms with Crippen molar-refractivity contribution < 1.29 is 18.3 Å². The number of ether oxygens (including phenoxy) is 1. The first kappa shape index (κ1) is 18.4.